The summed E-state index contributed by atoms with van der Waals surface area (Å²) in [5, 5.41) is 4.60. The topological polar surface area (TPSA) is 99.6 Å². The minimum absolute atomic E-state index is 0.102. The Labute approximate surface area is 562 Å². The van der Waals surface area contributed by atoms with Gasteiger partial charge in [0.1, 0.15) is 52.2 Å². The normalized spacial score (nSPS) is 14.9. The van der Waals surface area contributed by atoms with E-state index < -0.39 is 0 Å². The molecule has 484 valence electrons. The van der Waals surface area contributed by atoms with E-state index in [0.29, 0.717) is 23.7 Å². The smallest absolute Gasteiger partial charge is 0.297 e. The molecule has 0 spiro atoms. The molecule has 14 nitrogen and oxygen atoms in total. The summed E-state index contributed by atoms with van der Waals surface area (Å²) < 4.78 is 23.2. The molecule has 6 aromatic carbocycles. The van der Waals surface area contributed by atoms with Gasteiger partial charge in [-0.2, -0.15) is 8.80 Å². The first-order chi connectivity index (χ1) is 46.2. The van der Waals surface area contributed by atoms with E-state index in [1.54, 1.807) is 0 Å². The third kappa shape index (κ3) is 9.17. The van der Waals surface area contributed by atoms with Gasteiger partial charge >= 0.3 is 0 Å². The van der Waals surface area contributed by atoms with E-state index in [4.69, 9.17) is 29.4 Å². The van der Waals surface area contributed by atoms with Crippen LogP contribution < -0.4 is 38.2 Å². The van der Waals surface area contributed by atoms with Crippen molar-refractivity contribution in [2.24, 2.45) is 14.1 Å². The van der Waals surface area contributed by atoms with Crippen molar-refractivity contribution in [3.63, 3.8) is 0 Å². The third-order valence-corrected chi connectivity index (χ3v) is 21.0. The van der Waals surface area contributed by atoms with Crippen molar-refractivity contribution in [1.29, 1.82) is 0 Å². The molecule has 0 amide bonds. The van der Waals surface area contributed by atoms with Gasteiger partial charge in [0.15, 0.2) is 27.9 Å². The number of rotatable bonds is 10. The van der Waals surface area contributed by atoms with Crippen LogP contribution in [-0.2, 0) is 14.1 Å². The molecule has 2 aliphatic heterocycles. The quantitative estimate of drug-likeness (QED) is 0.0972. The molecule has 2 atom stereocenters. The molecule has 0 N–H and O–H groups in total. The zero-order valence-corrected chi connectivity index (χ0v) is 58.7. The molecule has 10 heterocycles. The molecular formula is C82H86N12O2+2. The highest BCUT2D eigenvalue weighted by Gasteiger charge is 2.39. The van der Waals surface area contributed by atoms with E-state index in [0.717, 1.165) is 101 Å². The average Bonchev–Trinajstić information content (AvgIpc) is 1.45. The van der Waals surface area contributed by atoms with Gasteiger partial charge in [-0.25, -0.2) is 19.1 Å². The SMILES string of the molecule is Cc1c(Oc2cnc3c4c(C(C)C)cccc4n4c5ccccc5[n+](C)c4c3c2C)ccc(C(C)C)c1N1c2ncccc2N(C)[C@H]1C.Cc1c(Oc2cnc3c4c(C(C)C)cccc4n4c5ccccc5[n+](C)c4c3c2C)ccnc1N1c2c(C(C)C)cccc2N(C)[C@H]1C. The Kier molecular flexibility index (Phi) is 15.0. The van der Waals surface area contributed by atoms with E-state index in [-0.39, 0.29) is 12.3 Å². The summed E-state index contributed by atoms with van der Waals surface area (Å²) in [6.07, 6.45) is 7.78. The van der Waals surface area contributed by atoms with Gasteiger partial charge in [0.25, 0.3) is 11.3 Å². The summed E-state index contributed by atoms with van der Waals surface area (Å²) in [7, 11) is 8.61. The number of benzene rings is 6. The first-order valence-corrected chi connectivity index (χ1v) is 34.0. The Morgan fingerprint density at radius 3 is 1.35 bits per heavy atom. The molecule has 0 radical (unpaired) electrons. The van der Waals surface area contributed by atoms with Crippen LogP contribution in [0.1, 0.15) is 137 Å². The Balaban J connectivity index is 0.000000158. The molecule has 0 unspecified atom stereocenters. The minimum atomic E-state index is 0.102. The van der Waals surface area contributed by atoms with Crippen LogP contribution >= 0.6 is 0 Å². The number of ether oxygens (including phenoxy) is 2. The summed E-state index contributed by atoms with van der Waals surface area (Å²) in [6, 6.07) is 47.6. The second kappa shape index (κ2) is 23.2. The number of para-hydroxylation sites is 5. The molecule has 0 bridgehead atoms. The fourth-order valence-corrected chi connectivity index (χ4v) is 15.7. The van der Waals surface area contributed by atoms with E-state index in [1.165, 1.54) is 77.5 Å². The fourth-order valence-electron chi connectivity index (χ4n) is 15.7. The Bertz CT molecular complexity index is 5530. The molecular weight excluding hydrogens is 1180 g/mol. The van der Waals surface area contributed by atoms with E-state index >= 15 is 0 Å². The lowest BCUT2D eigenvalue weighted by atomic mass is 9.95. The number of hydrogen-bond acceptors (Lipinski definition) is 10. The highest BCUT2D eigenvalue weighted by Crippen LogP contribution is 2.51. The maximum Gasteiger partial charge on any atom is 0.297 e. The van der Waals surface area contributed by atoms with Crippen LogP contribution in [0.3, 0.4) is 0 Å². The van der Waals surface area contributed by atoms with Crippen molar-refractivity contribution < 1.29 is 18.6 Å². The largest absolute Gasteiger partial charge is 0.455 e. The van der Waals surface area contributed by atoms with Gasteiger partial charge in [-0.05, 0) is 154 Å². The summed E-state index contributed by atoms with van der Waals surface area (Å²) in [6.45, 7) is 31.2. The monoisotopic (exact) mass is 1270 g/mol. The fraction of sp³-hybridized carbons (Fsp3) is 0.293. The Hall–Kier alpha value is -10.3. The number of aryl methyl sites for hydroxylation is 4. The molecule has 0 saturated heterocycles. The van der Waals surface area contributed by atoms with Crippen molar-refractivity contribution in [2.45, 2.75) is 133 Å². The molecule has 0 saturated carbocycles. The summed E-state index contributed by atoms with van der Waals surface area (Å²) in [5.41, 5.74) is 25.4. The Morgan fingerprint density at radius 1 is 0.385 bits per heavy atom. The average molecular weight is 1270 g/mol. The van der Waals surface area contributed by atoms with Gasteiger partial charge in [-0.15, -0.1) is 0 Å². The number of nitrogens with zero attached hydrogens (tertiary/aromatic N) is 12. The summed E-state index contributed by atoms with van der Waals surface area (Å²) >= 11 is 0. The van der Waals surface area contributed by atoms with E-state index in [1.807, 2.05) is 36.9 Å². The first kappa shape index (κ1) is 61.8. The summed E-state index contributed by atoms with van der Waals surface area (Å²) in [4.78, 5) is 29.6. The van der Waals surface area contributed by atoms with Crippen LogP contribution in [0.2, 0.25) is 0 Å². The first-order valence-electron chi connectivity index (χ1n) is 34.0. The van der Waals surface area contributed by atoms with Crippen molar-refractivity contribution in [1.82, 2.24) is 28.7 Å². The third-order valence-electron chi connectivity index (χ3n) is 21.0. The zero-order valence-electron chi connectivity index (χ0n) is 58.7. The van der Waals surface area contributed by atoms with Gasteiger partial charge in [0.2, 0.25) is 0 Å². The predicted octanol–water partition coefficient (Wildman–Crippen LogP) is 19.2. The maximum absolute atomic E-state index is 6.94. The van der Waals surface area contributed by atoms with E-state index in [9.17, 15) is 0 Å². The maximum atomic E-state index is 6.94. The number of anilines is 6. The molecule has 0 aliphatic carbocycles. The van der Waals surface area contributed by atoms with Gasteiger partial charge in [-0.3, -0.25) is 9.97 Å². The molecule has 96 heavy (non-hydrogen) atoms. The van der Waals surface area contributed by atoms with Gasteiger partial charge in [0, 0.05) is 48.7 Å². The second-order valence-corrected chi connectivity index (χ2v) is 27.8. The van der Waals surface area contributed by atoms with Gasteiger partial charge in [0.05, 0.1) is 81.8 Å². The van der Waals surface area contributed by atoms with Gasteiger partial charge < -0.3 is 29.1 Å². The van der Waals surface area contributed by atoms with Crippen LogP contribution in [0.15, 0.2) is 158 Å². The molecule has 0 fully saturated rings. The lowest BCUT2D eigenvalue weighted by Gasteiger charge is -2.32. The van der Waals surface area contributed by atoms with Crippen molar-refractivity contribution in [2.75, 3.05) is 33.7 Å². The van der Waals surface area contributed by atoms with Crippen molar-refractivity contribution in [3.8, 4) is 23.0 Å². The van der Waals surface area contributed by atoms with Crippen LogP contribution in [0.25, 0.3) is 77.0 Å². The number of hydrogen-bond donors (Lipinski definition) is 0. The lowest BCUT2D eigenvalue weighted by Crippen LogP contribution is -2.36. The van der Waals surface area contributed by atoms with Crippen molar-refractivity contribution >= 4 is 111 Å². The Morgan fingerprint density at radius 2 is 0.823 bits per heavy atom. The minimum Gasteiger partial charge on any atom is -0.455 e. The van der Waals surface area contributed by atoms with Crippen LogP contribution in [0.4, 0.5) is 34.4 Å². The number of pyridine rings is 6. The molecule has 8 aromatic heterocycles. The van der Waals surface area contributed by atoms with Crippen LogP contribution in [-0.4, -0.2) is 55.2 Å². The molecule has 16 rings (SSSR count). The molecule has 2 aliphatic rings. The second-order valence-electron chi connectivity index (χ2n) is 27.8. The highest BCUT2D eigenvalue weighted by atomic mass is 16.5. The van der Waals surface area contributed by atoms with Crippen LogP contribution in [0.5, 0.6) is 23.0 Å². The molecule has 14 aromatic rings. The van der Waals surface area contributed by atoms with Crippen LogP contribution in [0, 0.1) is 27.7 Å². The predicted molar refractivity (Wildman–Crippen MR) is 395 cm³/mol. The standard InChI is InChI=1S/2C41H43N6O/c1-23(2)28-14-12-18-32-37(28)38-36(41-45(9)30-16-10-11-17-31(30)47(32)41)25(5)35(22-43-38)48-34-20-21-42-40(26(34)6)46-27(7)44(8)33-19-13-15-29(24(3)4)39(33)46;1-23(2)28-14-12-17-32-37(28)38-36(41-45(9)30-15-10-11-16-31(30)47(32)41)25(5)35(22-43-38)48-34-20-19-29(24(3)4)39(26(34)6)46-27(7)44(8)33-18-13-21-42-40(33)46/h2*10-24,27H,1-9H3/q2*+1/t2*27-/m11/s1. The molecule has 14 heteroatoms. The zero-order chi connectivity index (χ0) is 67.2. The van der Waals surface area contributed by atoms with Gasteiger partial charge in [-0.1, -0.05) is 122 Å². The number of fused-ring (bicyclic) bond motifs is 18. The highest BCUT2D eigenvalue weighted by molar-refractivity contribution is 6.15. The number of imidazole rings is 2. The van der Waals surface area contributed by atoms with Crippen molar-refractivity contribution in [3.05, 3.63) is 203 Å². The lowest BCUT2D eigenvalue weighted by molar-refractivity contribution is -0.617. The number of aromatic nitrogens is 8. The van der Waals surface area contributed by atoms with E-state index in [2.05, 4.69) is 284 Å². The summed E-state index contributed by atoms with van der Waals surface area (Å²) in [5.74, 6) is 6.36.